The number of H-pyrrole nitrogens is 1. The van der Waals surface area contributed by atoms with E-state index in [9.17, 15) is 0 Å². The molecule has 1 heterocycles. The van der Waals surface area contributed by atoms with E-state index in [-0.39, 0.29) is 0 Å². The molecule has 0 radical (unpaired) electrons. The molecule has 2 rings (SSSR count). The van der Waals surface area contributed by atoms with Crippen LogP contribution in [0.3, 0.4) is 0 Å². The van der Waals surface area contributed by atoms with Gasteiger partial charge in [-0.25, -0.2) is 0 Å². The van der Waals surface area contributed by atoms with Crippen LogP contribution in [0, 0.1) is 0 Å². The summed E-state index contributed by atoms with van der Waals surface area (Å²) in [5, 5.41) is 1.01. The van der Waals surface area contributed by atoms with Crippen LogP contribution >= 0.6 is 15.9 Å². The first-order valence-electron chi connectivity index (χ1n) is 4.15. The Labute approximate surface area is 90.1 Å². The summed E-state index contributed by atoms with van der Waals surface area (Å²) in [6.07, 6.45) is 0. The molecule has 0 amide bonds. The van der Waals surface area contributed by atoms with Gasteiger partial charge in [0.15, 0.2) is 0 Å². The molecule has 0 fully saturated rings. The number of aromatic nitrogens is 1. The van der Waals surface area contributed by atoms with Crippen molar-refractivity contribution >= 4 is 26.8 Å². The van der Waals surface area contributed by atoms with Gasteiger partial charge in [-0.15, -0.1) is 0 Å². The number of benzene rings is 1. The van der Waals surface area contributed by atoms with Crippen LogP contribution in [0.1, 0.15) is 0 Å². The third-order valence-electron chi connectivity index (χ3n) is 2.12. The largest absolute Gasteiger partial charge is 0.496 e. The first-order valence-corrected chi connectivity index (χ1v) is 4.94. The summed E-state index contributed by atoms with van der Waals surface area (Å²) in [4.78, 5) is 3.16. The Balaban J connectivity index is 2.77. The molecule has 0 saturated heterocycles. The number of rotatable bonds is 2. The summed E-state index contributed by atoms with van der Waals surface area (Å²) < 4.78 is 11.4. The summed E-state index contributed by atoms with van der Waals surface area (Å²) in [5.74, 6) is 1.65. The van der Waals surface area contributed by atoms with Gasteiger partial charge in [0.2, 0.25) is 0 Å². The summed E-state index contributed by atoms with van der Waals surface area (Å²) in [5.41, 5.74) is 0.943. The number of nitrogens with one attached hydrogen (secondary N) is 1. The molecule has 0 bridgehead atoms. The van der Waals surface area contributed by atoms with Gasteiger partial charge in [-0.1, -0.05) is 0 Å². The molecule has 0 spiro atoms. The second kappa shape index (κ2) is 3.53. The topological polar surface area (TPSA) is 34.2 Å². The number of fused-ring (bicyclic) bond motifs is 1. The van der Waals surface area contributed by atoms with Gasteiger partial charge in [-0.05, 0) is 34.1 Å². The van der Waals surface area contributed by atoms with Gasteiger partial charge in [-0.3, -0.25) is 0 Å². The molecule has 0 aliphatic rings. The lowest BCUT2D eigenvalue weighted by Gasteiger charge is -2.05. The molecule has 4 heteroatoms. The van der Waals surface area contributed by atoms with Gasteiger partial charge in [0.25, 0.3) is 0 Å². The molecule has 0 unspecified atom stereocenters. The Morgan fingerprint density at radius 1 is 1.14 bits per heavy atom. The molecule has 1 aromatic carbocycles. The molecule has 0 aliphatic heterocycles. The number of ether oxygens (including phenoxy) is 2. The minimum atomic E-state index is 0.812. The highest BCUT2D eigenvalue weighted by Crippen LogP contribution is 2.34. The van der Waals surface area contributed by atoms with Crippen LogP contribution < -0.4 is 9.47 Å². The number of methoxy groups -OCH3 is 2. The van der Waals surface area contributed by atoms with Crippen LogP contribution in [0.15, 0.2) is 22.8 Å². The standard InChI is InChI=1S/C10H10BrNO2/c1-13-7-3-4-8(14-2)10-6(7)5-9(11)12-10/h3-5,12H,1-2H3. The van der Waals surface area contributed by atoms with Crippen LogP contribution in [0.25, 0.3) is 10.9 Å². The van der Waals surface area contributed by atoms with E-state index in [1.807, 2.05) is 18.2 Å². The number of halogens is 1. The highest BCUT2D eigenvalue weighted by atomic mass is 79.9. The Kier molecular flexibility index (Phi) is 2.37. The van der Waals surface area contributed by atoms with Gasteiger partial charge in [0.1, 0.15) is 11.5 Å². The highest BCUT2D eigenvalue weighted by Gasteiger charge is 2.09. The van der Waals surface area contributed by atoms with Crippen LogP contribution in [0.5, 0.6) is 11.5 Å². The van der Waals surface area contributed by atoms with Crippen LogP contribution in [0.4, 0.5) is 0 Å². The number of aromatic amines is 1. The van der Waals surface area contributed by atoms with Crippen molar-refractivity contribution in [1.82, 2.24) is 4.98 Å². The summed E-state index contributed by atoms with van der Waals surface area (Å²) in [7, 11) is 3.30. The van der Waals surface area contributed by atoms with Crippen molar-refractivity contribution in [3.8, 4) is 11.5 Å². The third-order valence-corrected chi connectivity index (χ3v) is 2.55. The van der Waals surface area contributed by atoms with Crippen molar-refractivity contribution in [2.75, 3.05) is 14.2 Å². The maximum absolute atomic E-state index is 5.24. The Bertz CT molecular complexity index is 423. The van der Waals surface area contributed by atoms with Gasteiger partial charge >= 0.3 is 0 Å². The van der Waals surface area contributed by atoms with E-state index in [1.165, 1.54) is 0 Å². The van der Waals surface area contributed by atoms with E-state index in [1.54, 1.807) is 14.2 Å². The van der Waals surface area contributed by atoms with E-state index in [0.29, 0.717) is 0 Å². The van der Waals surface area contributed by atoms with Crippen molar-refractivity contribution in [3.05, 3.63) is 22.8 Å². The third kappa shape index (κ3) is 1.35. The zero-order chi connectivity index (χ0) is 10.1. The van der Waals surface area contributed by atoms with E-state index in [2.05, 4.69) is 20.9 Å². The molecule has 1 N–H and O–H groups in total. The fourth-order valence-electron chi connectivity index (χ4n) is 1.48. The lowest BCUT2D eigenvalue weighted by atomic mass is 10.2. The van der Waals surface area contributed by atoms with Gasteiger partial charge in [-0.2, -0.15) is 0 Å². The molecular weight excluding hydrogens is 246 g/mol. The van der Waals surface area contributed by atoms with Crippen LogP contribution in [-0.4, -0.2) is 19.2 Å². The van der Waals surface area contributed by atoms with Crippen LogP contribution in [-0.2, 0) is 0 Å². The normalized spacial score (nSPS) is 10.5. The summed E-state index contributed by atoms with van der Waals surface area (Å²) in [6, 6.07) is 5.74. The quantitative estimate of drug-likeness (QED) is 0.896. The van der Waals surface area contributed by atoms with E-state index >= 15 is 0 Å². The lowest BCUT2D eigenvalue weighted by Crippen LogP contribution is -1.87. The Morgan fingerprint density at radius 3 is 2.43 bits per heavy atom. The molecule has 14 heavy (non-hydrogen) atoms. The van der Waals surface area contributed by atoms with Crippen molar-refractivity contribution in [2.45, 2.75) is 0 Å². The molecule has 0 saturated carbocycles. The highest BCUT2D eigenvalue weighted by molar-refractivity contribution is 9.10. The summed E-state index contributed by atoms with van der Waals surface area (Å²) >= 11 is 3.38. The molecule has 3 nitrogen and oxygen atoms in total. The van der Waals surface area contributed by atoms with Gasteiger partial charge in [0, 0.05) is 5.39 Å². The van der Waals surface area contributed by atoms with Gasteiger partial charge < -0.3 is 14.5 Å². The van der Waals surface area contributed by atoms with Crippen molar-refractivity contribution in [1.29, 1.82) is 0 Å². The molecule has 2 aromatic rings. The second-order valence-electron chi connectivity index (χ2n) is 2.88. The van der Waals surface area contributed by atoms with E-state index < -0.39 is 0 Å². The minimum absolute atomic E-state index is 0.812. The Morgan fingerprint density at radius 2 is 1.79 bits per heavy atom. The monoisotopic (exact) mass is 255 g/mol. The van der Waals surface area contributed by atoms with E-state index in [0.717, 1.165) is 27.0 Å². The second-order valence-corrected chi connectivity index (χ2v) is 3.73. The zero-order valence-corrected chi connectivity index (χ0v) is 9.51. The molecule has 1 aromatic heterocycles. The van der Waals surface area contributed by atoms with Gasteiger partial charge in [0.05, 0.1) is 24.3 Å². The fourth-order valence-corrected chi connectivity index (χ4v) is 1.91. The predicted octanol–water partition coefficient (Wildman–Crippen LogP) is 2.95. The Hall–Kier alpha value is -1.16. The lowest BCUT2D eigenvalue weighted by molar-refractivity contribution is 0.410. The SMILES string of the molecule is COc1ccc(OC)c2[nH]c(Br)cc12. The van der Waals surface area contributed by atoms with Crippen molar-refractivity contribution < 1.29 is 9.47 Å². The maximum atomic E-state index is 5.24. The number of hydrogen-bond donors (Lipinski definition) is 1. The first kappa shape index (κ1) is 9.40. The van der Waals surface area contributed by atoms with Crippen molar-refractivity contribution in [3.63, 3.8) is 0 Å². The summed E-state index contributed by atoms with van der Waals surface area (Å²) in [6.45, 7) is 0. The molecule has 0 aliphatic carbocycles. The van der Waals surface area contributed by atoms with Crippen molar-refractivity contribution in [2.24, 2.45) is 0 Å². The average molecular weight is 256 g/mol. The average Bonchev–Trinajstić information content (AvgIpc) is 2.57. The predicted molar refractivity (Wildman–Crippen MR) is 59.1 cm³/mol. The smallest absolute Gasteiger partial charge is 0.143 e. The van der Waals surface area contributed by atoms with E-state index in [4.69, 9.17) is 9.47 Å². The molecular formula is C10H10BrNO2. The number of hydrogen-bond acceptors (Lipinski definition) is 2. The fraction of sp³-hybridized carbons (Fsp3) is 0.200. The maximum Gasteiger partial charge on any atom is 0.143 e. The van der Waals surface area contributed by atoms with Crippen LogP contribution in [0.2, 0.25) is 0 Å². The minimum Gasteiger partial charge on any atom is -0.496 e. The molecule has 0 atom stereocenters. The first-order chi connectivity index (χ1) is 6.76. The molecule has 74 valence electrons. The zero-order valence-electron chi connectivity index (χ0n) is 7.93.